The summed E-state index contributed by atoms with van der Waals surface area (Å²) in [6.45, 7) is 5.23. The highest BCUT2D eigenvalue weighted by atomic mass is 16.6. The standard InChI is InChI=1S/C9H11NO4/c1-9(2,3)13-8(12)7-4-6(5-11)14-10-7/h4-5H,1-3H3. The third kappa shape index (κ3) is 2.69. The second-order valence-electron chi connectivity index (χ2n) is 3.73. The Morgan fingerprint density at radius 3 is 2.64 bits per heavy atom. The van der Waals surface area contributed by atoms with Crippen molar-refractivity contribution in [3.8, 4) is 0 Å². The molecule has 0 atom stereocenters. The second kappa shape index (κ2) is 3.61. The highest BCUT2D eigenvalue weighted by Gasteiger charge is 2.20. The van der Waals surface area contributed by atoms with Crippen LogP contribution in [0.3, 0.4) is 0 Å². The van der Waals surface area contributed by atoms with Crippen LogP contribution in [0.5, 0.6) is 0 Å². The molecule has 1 aromatic heterocycles. The summed E-state index contributed by atoms with van der Waals surface area (Å²) in [5.74, 6) is -0.597. The quantitative estimate of drug-likeness (QED) is 0.530. The number of esters is 1. The van der Waals surface area contributed by atoms with Crippen LogP contribution in [-0.4, -0.2) is 23.0 Å². The van der Waals surface area contributed by atoms with E-state index in [0.29, 0.717) is 6.29 Å². The van der Waals surface area contributed by atoms with Crippen molar-refractivity contribution in [1.82, 2.24) is 5.16 Å². The summed E-state index contributed by atoms with van der Waals surface area (Å²) in [7, 11) is 0. The number of aldehydes is 1. The Kier molecular flexibility index (Phi) is 2.69. The number of hydrogen-bond donors (Lipinski definition) is 0. The van der Waals surface area contributed by atoms with Gasteiger partial charge in [-0.3, -0.25) is 4.79 Å². The molecule has 1 heterocycles. The molecule has 0 aliphatic carbocycles. The molecule has 0 unspecified atom stereocenters. The number of hydrogen-bond acceptors (Lipinski definition) is 5. The predicted octanol–water partition coefficient (Wildman–Crippen LogP) is 1.44. The zero-order valence-electron chi connectivity index (χ0n) is 8.23. The Labute approximate surface area is 81.0 Å². The lowest BCUT2D eigenvalue weighted by molar-refractivity contribution is 0.00586. The van der Waals surface area contributed by atoms with Gasteiger partial charge in [0.2, 0.25) is 0 Å². The third-order valence-electron chi connectivity index (χ3n) is 1.25. The van der Waals surface area contributed by atoms with Gasteiger partial charge in [0.05, 0.1) is 0 Å². The van der Waals surface area contributed by atoms with Crippen LogP contribution < -0.4 is 0 Å². The maximum absolute atomic E-state index is 11.3. The summed E-state index contributed by atoms with van der Waals surface area (Å²) in [4.78, 5) is 21.6. The number of aromatic nitrogens is 1. The van der Waals surface area contributed by atoms with Gasteiger partial charge in [-0.2, -0.15) is 0 Å². The molecular weight excluding hydrogens is 186 g/mol. The van der Waals surface area contributed by atoms with E-state index >= 15 is 0 Å². The highest BCUT2D eigenvalue weighted by Crippen LogP contribution is 2.11. The lowest BCUT2D eigenvalue weighted by atomic mass is 10.2. The lowest BCUT2D eigenvalue weighted by Crippen LogP contribution is -2.24. The van der Waals surface area contributed by atoms with Gasteiger partial charge >= 0.3 is 5.97 Å². The van der Waals surface area contributed by atoms with Crippen molar-refractivity contribution >= 4 is 12.3 Å². The normalized spacial score (nSPS) is 11.1. The minimum absolute atomic E-state index is 0.00188. The highest BCUT2D eigenvalue weighted by molar-refractivity contribution is 5.89. The van der Waals surface area contributed by atoms with Crippen molar-refractivity contribution in [1.29, 1.82) is 0 Å². The minimum atomic E-state index is -0.602. The summed E-state index contributed by atoms with van der Waals surface area (Å²) in [5.41, 5.74) is -0.584. The maximum atomic E-state index is 11.3. The van der Waals surface area contributed by atoms with Crippen LogP contribution in [-0.2, 0) is 4.74 Å². The van der Waals surface area contributed by atoms with Crippen molar-refractivity contribution in [2.45, 2.75) is 26.4 Å². The smallest absolute Gasteiger partial charge is 0.361 e. The molecule has 0 saturated heterocycles. The molecule has 0 aliphatic heterocycles. The molecule has 0 amide bonds. The lowest BCUT2D eigenvalue weighted by Gasteiger charge is -2.18. The molecule has 0 aromatic carbocycles. The van der Waals surface area contributed by atoms with Crippen molar-refractivity contribution < 1.29 is 18.8 Å². The first-order valence-corrected chi connectivity index (χ1v) is 4.07. The fourth-order valence-electron chi connectivity index (χ4n) is 0.771. The molecule has 1 rings (SSSR count). The third-order valence-corrected chi connectivity index (χ3v) is 1.25. The monoisotopic (exact) mass is 197 g/mol. The van der Waals surface area contributed by atoms with Crippen LogP contribution in [0.1, 0.15) is 41.8 Å². The van der Waals surface area contributed by atoms with E-state index in [9.17, 15) is 9.59 Å². The van der Waals surface area contributed by atoms with Crippen molar-refractivity contribution in [2.75, 3.05) is 0 Å². The number of rotatable bonds is 2. The molecule has 0 saturated carbocycles. The summed E-state index contributed by atoms with van der Waals surface area (Å²) in [6.07, 6.45) is 0.473. The van der Waals surface area contributed by atoms with E-state index in [1.165, 1.54) is 6.07 Å². The molecule has 0 spiro atoms. The Balaban J connectivity index is 2.75. The van der Waals surface area contributed by atoms with E-state index in [4.69, 9.17) is 4.74 Å². The van der Waals surface area contributed by atoms with Gasteiger partial charge in [0.15, 0.2) is 17.7 Å². The Bertz CT molecular complexity index is 348. The van der Waals surface area contributed by atoms with Gasteiger partial charge in [-0.25, -0.2) is 4.79 Å². The average molecular weight is 197 g/mol. The maximum Gasteiger partial charge on any atom is 0.361 e. The number of ether oxygens (including phenoxy) is 1. The molecule has 1 aromatic rings. The molecule has 76 valence electrons. The fourth-order valence-corrected chi connectivity index (χ4v) is 0.771. The van der Waals surface area contributed by atoms with Crippen LogP contribution in [0.4, 0.5) is 0 Å². The first kappa shape index (κ1) is 10.4. The van der Waals surface area contributed by atoms with Crippen LogP contribution >= 0.6 is 0 Å². The van der Waals surface area contributed by atoms with Gasteiger partial charge in [-0.15, -0.1) is 0 Å². The minimum Gasteiger partial charge on any atom is -0.455 e. The van der Waals surface area contributed by atoms with E-state index in [1.54, 1.807) is 20.8 Å². The SMILES string of the molecule is CC(C)(C)OC(=O)c1cc(C=O)on1. The van der Waals surface area contributed by atoms with E-state index in [-0.39, 0.29) is 11.5 Å². The van der Waals surface area contributed by atoms with E-state index in [0.717, 1.165) is 0 Å². The van der Waals surface area contributed by atoms with Gasteiger partial charge in [0, 0.05) is 6.07 Å². The van der Waals surface area contributed by atoms with Gasteiger partial charge < -0.3 is 9.26 Å². The summed E-state index contributed by atoms with van der Waals surface area (Å²) >= 11 is 0. The molecule has 14 heavy (non-hydrogen) atoms. The fraction of sp³-hybridized carbons (Fsp3) is 0.444. The molecule has 0 fully saturated rings. The zero-order chi connectivity index (χ0) is 10.8. The van der Waals surface area contributed by atoms with Crippen LogP contribution in [0, 0.1) is 0 Å². The zero-order valence-corrected chi connectivity index (χ0v) is 8.23. The topological polar surface area (TPSA) is 69.4 Å². The Morgan fingerprint density at radius 2 is 2.21 bits per heavy atom. The summed E-state index contributed by atoms with van der Waals surface area (Å²) in [6, 6.07) is 1.24. The molecule has 0 aliphatic rings. The number of carbonyl (C=O) groups is 2. The summed E-state index contributed by atoms with van der Waals surface area (Å²) < 4.78 is 9.53. The first-order chi connectivity index (χ1) is 6.42. The van der Waals surface area contributed by atoms with Gasteiger partial charge in [-0.05, 0) is 20.8 Å². The van der Waals surface area contributed by atoms with E-state index in [2.05, 4.69) is 9.68 Å². The molecule has 5 nitrogen and oxygen atoms in total. The molecule has 0 radical (unpaired) electrons. The Hall–Kier alpha value is -1.65. The second-order valence-corrected chi connectivity index (χ2v) is 3.73. The average Bonchev–Trinajstić information content (AvgIpc) is 2.48. The molecule has 5 heteroatoms. The van der Waals surface area contributed by atoms with Crippen LogP contribution in [0.15, 0.2) is 10.6 Å². The predicted molar refractivity (Wildman–Crippen MR) is 47.1 cm³/mol. The number of nitrogens with zero attached hydrogens (tertiary/aromatic N) is 1. The van der Waals surface area contributed by atoms with Crippen molar-refractivity contribution in [3.63, 3.8) is 0 Å². The van der Waals surface area contributed by atoms with Gasteiger partial charge in [0.1, 0.15) is 5.60 Å². The van der Waals surface area contributed by atoms with Crippen LogP contribution in [0.25, 0.3) is 0 Å². The van der Waals surface area contributed by atoms with E-state index < -0.39 is 11.6 Å². The molecule has 0 N–H and O–H groups in total. The summed E-state index contributed by atoms with van der Waals surface area (Å²) in [5, 5.41) is 3.39. The number of carbonyl (C=O) groups excluding carboxylic acids is 2. The molecular formula is C9H11NO4. The largest absolute Gasteiger partial charge is 0.455 e. The molecule has 0 bridgehead atoms. The van der Waals surface area contributed by atoms with Crippen molar-refractivity contribution in [3.05, 3.63) is 17.5 Å². The van der Waals surface area contributed by atoms with Crippen molar-refractivity contribution in [2.24, 2.45) is 0 Å². The van der Waals surface area contributed by atoms with Crippen LogP contribution in [0.2, 0.25) is 0 Å². The first-order valence-electron chi connectivity index (χ1n) is 4.07. The van der Waals surface area contributed by atoms with Gasteiger partial charge in [0.25, 0.3) is 0 Å². The van der Waals surface area contributed by atoms with Gasteiger partial charge in [-0.1, -0.05) is 5.16 Å². The Morgan fingerprint density at radius 1 is 1.57 bits per heavy atom. The van der Waals surface area contributed by atoms with E-state index in [1.807, 2.05) is 0 Å².